The van der Waals surface area contributed by atoms with E-state index in [1.54, 1.807) is 31.4 Å². The number of carbonyl (C=O) groups excluding carboxylic acids is 8. The van der Waals surface area contributed by atoms with Crippen LogP contribution in [0, 0.1) is 5.41 Å². The quantitative estimate of drug-likeness (QED) is 0.0624. The van der Waals surface area contributed by atoms with Gasteiger partial charge in [-0.15, -0.1) is 0 Å². The van der Waals surface area contributed by atoms with Gasteiger partial charge in [0.1, 0.15) is 29.5 Å². The van der Waals surface area contributed by atoms with Crippen molar-refractivity contribution in [2.75, 3.05) is 33.4 Å². The van der Waals surface area contributed by atoms with Crippen molar-refractivity contribution in [3.8, 4) is 11.5 Å². The lowest BCUT2D eigenvalue weighted by Crippen LogP contribution is -2.58. The monoisotopic (exact) mass is 1260 g/mol. The molecule has 0 bridgehead atoms. The van der Waals surface area contributed by atoms with Gasteiger partial charge in [0.25, 0.3) is 11.5 Å². The second-order valence-corrected chi connectivity index (χ2v) is 23.8. The molecule has 3 aromatic carbocycles. The van der Waals surface area contributed by atoms with Crippen LogP contribution in [-0.2, 0) is 65.2 Å². The number of aromatic amines is 1. The molecule has 5 aliphatic rings. The number of nitrogens with one attached hydrogen (secondary N) is 2. The molecule has 5 heterocycles. The molecular weight excluding hydrogens is 1180 g/mol. The third kappa shape index (κ3) is 16.5. The highest BCUT2D eigenvalue weighted by atomic mass is 16.7. The summed E-state index contributed by atoms with van der Waals surface area (Å²) in [6, 6.07) is 13.3. The number of aromatic nitrogens is 4. The van der Waals surface area contributed by atoms with Crippen LogP contribution >= 0.6 is 0 Å². The Hall–Kier alpha value is -8.13. The molecule has 2 aromatic heterocycles. The number of Topliss-reactive ketones (excluding diaryl/α,β-unsaturated/α-hetero) is 1. The molecule has 1 amide bonds. The number of aliphatic hydroxyl groups is 1. The smallest absolute Gasteiger partial charge is 0.373 e. The number of amides is 1. The molecule has 7 N–H and O–H groups in total. The number of ketones is 3. The number of likely N-dealkylation sites (N-methyl/N-ethyl adjacent to an activating group) is 1. The zero-order valence-electron chi connectivity index (χ0n) is 52.7. The molecule has 2 aliphatic carbocycles. The SMILES string of the molecule is CC(=O)CCCNC(=O)c1ccc(CCc2cnc3nc(N)[nH]c(=O)c3n2)cc1.CC[C@@]1(C)C[C@H](O[C@H]2C[C@@H](N(C)C)[C@H](O[C@H]3C[C@@H](O)[C@H](O[C@H]4CCC(=NC)C(C)O4)C(C)O3)C(C)O2)c2c(cc3c(c2O)C(=O)c2c(O)cccc2C3=O)[C@H]1C.O=C=O.O=C=O. The van der Waals surface area contributed by atoms with E-state index in [0.717, 1.165) is 29.7 Å². The molecule has 13 atom stereocenters. The number of ether oxygens (including phenoxy) is 6. The first-order valence-electron chi connectivity index (χ1n) is 30.2. The average molecular weight is 1260 g/mol. The highest BCUT2D eigenvalue weighted by Crippen LogP contribution is 2.57. The van der Waals surface area contributed by atoms with Crippen molar-refractivity contribution >= 4 is 58.4 Å². The van der Waals surface area contributed by atoms with Gasteiger partial charge in [-0.25, -0.2) is 9.97 Å². The van der Waals surface area contributed by atoms with E-state index >= 15 is 0 Å². The molecule has 0 saturated carbocycles. The molecule has 3 aliphatic heterocycles. The Labute approximate surface area is 525 Å². The zero-order chi connectivity index (χ0) is 66.6. The fourth-order valence-electron chi connectivity index (χ4n) is 12.4. The van der Waals surface area contributed by atoms with Crippen LogP contribution in [0.3, 0.4) is 0 Å². The van der Waals surface area contributed by atoms with Gasteiger partial charge in [0, 0.05) is 73.3 Å². The van der Waals surface area contributed by atoms with Crippen molar-refractivity contribution in [1.82, 2.24) is 30.2 Å². The number of phenols is 2. The van der Waals surface area contributed by atoms with E-state index in [9.17, 15) is 39.3 Å². The lowest BCUT2D eigenvalue weighted by atomic mass is 9.62. The van der Waals surface area contributed by atoms with E-state index in [1.807, 2.05) is 47.0 Å². The summed E-state index contributed by atoms with van der Waals surface area (Å²) in [7, 11) is 5.71. The molecule has 0 spiro atoms. The van der Waals surface area contributed by atoms with Gasteiger partial charge in [0.15, 0.2) is 35.8 Å². The number of benzene rings is 3. The number of hydrogen-bond acceptors (Lipinski definition) is 24. The normalized spacial score (nSPS) is 27.0. The van der Waals surface area contributed by atoms with E-state index in [2.05, 4.69) is 55.9 Å². The largest absolute Gasteiger partial charge is 0.507 e. The van der Waals surface area contributed by atoms with Gasteiger partial charge in [0.2, 0.25) is 11.7 Å². The van der Waals surface area contributed by atoms with E-state index in [0.29, 0.717) is 68.3 Å². The molecule has 3 saturated heterocycles. The van der Waals surface area contributed by atoms with Gasteiger partial charge in [-0.2, -0.15) is 24.2 Å². The lowest BCUT2D eigenvalue weighted by Gasteiger charge is -2.48. The summed E-state index contributed by atoms with van der Waals surface area (Å²) < 4.78 is 38.6. The Morgan fingerprint density at radius 3 is 2.15 bits per heavy atom. The van der Waals surface area contributed by atoms with Gasteiger partial charge < -0.3 is 64.5 Å². The lowest BCUT2D eigenvalue weighted by molar-refractivity contribution is -0.323. The van der Waals surface area contributed by atoms with Gasteiger partial charge in [-0.1, -0.05) is 51.5 Å². The number of nitrogens with zero attached hydrogens (tertiary/aromatic N) is 5. The molecular formula is C65H80N8O18. The zero-order valence-corrected chi connectivity index (χ0v) is 52.7. The number of aliphatic imine (C=N–C) groups is 1. The first-order valence-corrected chi connectivity index (χ1v) is 30.2. The first kappa shape index (κ1) is 70.3. The highest BCUT2D eigenvalue weighted by molar-refractivity contribution is 6.30. The van der Waals surface area contributed by atoms with Crippen LogP contribution in [0.25, 0.3) is 11.2 Å². The summed E-state index contributed by atoms with van der Waals surface area (Å²) in [6.07, 6.45) is 2.43. The van der Waals surface area contributed by atoms with Crippen LogP contribution in [0.5, 0.6) is 11.5 Å². The van der Waals surface area contributed by atoms with Crippen LogP contribution < -0.4 is 16.6 Å². The van der Waals surface area contributed by atoms with E-state index in [-0.39, 0.29) is 105 Å². The Morgan fingerprint density at radius 1 is 0.868 bits per heavy atom. The van der Waals surface area contributed by atoms with Crippen molar-refractivity contribution in [2.24, 2.45) is 10.4 Å². The van der Waals surface area contributed by atoms with E-state index in [1.165, 1.54) is 25.1 Å². The minimum Gasteiger partial charge on any atom is -0.507 e. The minimum absolute atomic E-state index is 0.00697. The van der Waals surface area contributed by atoms with E-state index in [4.69, 9.17) is 53.3 Å². The Balaban J connectivity index is 0.000000281. The summed E-state index contributed by atoms with van der Waals surface area (Å²) in [5.74, 6) is -1.71. The fraction of sp³-hybridized carbons (Fsp3) is 0.523. The molecule has 26 heteroatoms. The number of aromatic hydroxyl groups is 2. The van der Waals surface area contributed by atoms with Crippen LogP contribution in [0.2, 0.25) is 0 Å². The summed E-state index contributed by atoms with van der Waals surface area (Å²) in [6.45, 7) is 14.1. The molecule has 5 aromatic rings. The van der Waals surface area contributed by atoms with Crippen LogP contribution in [0.15, 0.2) is 64.5 Å². The highest BCUT2D eigenvalue weighted by Gasteiger charge is 2.49. The van der Waals surface area contributed by atoms with Crippen molar-refractivity contribution in [3.63, 3.8) is 0 Å². The summed E-state index contributed by atoms with van der Waals surface area (Å²) in [5.41, 5.74) is 9.73. The van der Waals surface area contributed by atoms with Crippen LogP contribution in [-0.4, -0.2) is 171 Å². The Kier molecular flexibility index (Phi) is 24.2. The first-order chi connectivity index (χ1) is 43.3. The standard InChI is InChI=1S/C43H58N2O11.C20H22N6O3.2CO2/c1-10-43(6)19-31(36-25(20(43)2)16-26-37(40(36)50)39(49)35-24(38(26)48)12-11-13-29(35)46)54-33-17-28(45(8)9)41(22(4)52-33)56-34-18-30(47)42(23(5)53-34)55-32-15-14-27(44-7)21(3)51-32;1-12(27)3-2-10-22-18(28)14-7-4-13(5-8-14)6-9-15-11-23-17-16(24-15)19(29)26-20(21)25-17;2*2-1-3/h11-13,16,20-23,28,30-34,41-42,46-47,50H,10,14-15,17-19H2,1-9H3;4-5,7-8,11H,2-3,6,9-10H2,1H3,(H,22,28)(H3,21,23,25,26,29);;/t20-,21?,22?,23?,28-,30-,31+,32+,33+,34+,41-,42-,43+;;;/m1.../s1. The number of carbonyl (C=O) groups is 4. The van der Waals surface area contributed by atoms with Crippen molar-refractivity contribution in [3.05, 3.63) is 115 Å². The van der Waals surface area contributed by atoms with E-state index < -0.39 is 72.6 Å². The summed E-state index contributed by atoms with van der Waals surface area (Å²) in [4.78, 5) is 116. The maximum absolute atomic E-state index is 13.9. The third-order valence-corrected chi connectivity index (χ3v) is 17.6. The molecule has 10 rings (SSSR count). The number of nitrogens with two attached hydrogens (primary N) is 1. The van der Waals surface area contributed by atoms with Gasteiger partial charge in [-0.3, -0.25) is 29.2 Å². The second-order valence-electron chi connectivity index (χ2n) is 23.8. The third-order valence-electron chi connectivity index (χ3n) is 17.6. The number of aliphatic hydroxyl groups excluding tert-OH is 1. The number of rotatable bonds is 16. The molecule has 91 heavy (non-hydrogen) atoms. The van der Waals surface area contributed by atoms with Crippen LogP contribution in [0.4, 0.5) is 5.95 Å². The number of fused-ring (bicyclic) bond motifs is 4. The Bertz CT molecular complexity index is 3580. The number of nitrogen functional groups attached to an aromatic ring is 1. The van der Waals surface area contributed by atoms with Crippen molar-refractivity contribution in [1.29, 1.82) is 0 Å². The topological polar surface area (TPSA) is 378 Å². The van der Waals surface area contributed by atoms with Crippen molar-refractivity contribution < 1.29 is 82.1 Å². The maximum atomic E-state index is 13.9. The number of phenolic OH excluding ortho intramolecular Hbond substituents is 2. The average Bonchev–Trinajstić information content (AvgIpc) is 0.720. The number of H-pyrrole nitrogens is 1. The fourth-order valence-corrected chi connectivity index (χ4v) is 12.4. The molecule has 3 fully saturated rings. The molecule has 0 radical (unpaired) electrons. The van der Waals surface area contributed by atoms with Gasteiger partial charge >= 0.3 is 12.3 Å². The second kappa shape index (κ2) is 31.3. The van der Waals surface area contributed by atoms with Gasteiger partial charge in [0.05, 0.1) is 53.5 Å². The van der Waals surface area contributed by atoms with Crippen molar-refractivity contribution in [2.45, 2.75) is 186 Å². The Morgan fingerprint density at radius 2 is 1.53 bits per heavy atom. The predicted molar refractivity (Wildman–Crippen MR) is 325 cm³/mol. The predicted octanol–water partition coefficient (Wildman–Crippen LogP) is 5.79. The number of hydrogen-bond donors (Lipinski definition) is 6. The summed E-state index contributed by atoms with van der Waals surface area (Å²) >= 11 is 0. The number of anilines is 1. The molecule has 3 unspecified atom stereocenters. The van der Waals surface area contributed by atoms with Crippen LogP contribution in [0.1, 0.15) is 176 Å². The molecule has 26 nitrogen and oxygen atoms in total. The number of aryl methyl sites for hydroxylation is 2. The molecule has 488 valence electrons. The summed E-state index contributed by atoms with van der Waals surface area (Å²) in [5, 5.41) is 36.6. The maximum Gasteiger partial charge on any atom is 0.373 e. The van der Waals surface area contributed by atoms with Gasteiger partial charge in [-0.05, 0) is 121 Å². The minimum atomic E-state index is -0.836.